The number of anilines is 1. The molecule has 0 saturated heterocycles. The number of hydrogen-bond donors (Lipinski definition) is 0. The molecule has 0 aromatic heterocycles. The maximum atomic E-state index is 11.9. The fourth-order valence-electron chi connectivity index (χ4n) is 1.52. The van der Waals surface area contributed by atoms with Crippen molar-refractivity contribution < 1.29 is 9.53 Å². The fourth-order valence-corrected chi connectivity index (χ4v) is 1.52. The molecule has 0 fully saturated rings. The van der Waals surface area contributed by atoms with E-state index in [1.165, 1.54) is 4.90 Å². The number of nitriles is 1. The zero-order valence-corrected chi connectivity index (χ0v) is 10.4. The average Bonchev–Trinajstić information content (AvgIpc) is 2.47. The Labute approximate surface area is 111 Å². The number of rotatable bonds is 2. The van der Waals surface area contributed by atoms with E-state index in [0.29, 0.717) is 17.0 Å². The van der Waals surface area contributed by atoms with E-state index >= 15 is 0 Å². The zero-order valence-electron chi connectivity index (χ0n) is 10.4. The monoisotopic (exact) mass is 252 g/mol. The van der Waals surface area contributed by atoms with Crippen LogP contribution < -0.4 is 9.64 Å². The molecule has 0 aliphatic rings. The molecule has 0 N–H and O–H groups in total. The lowest BCUT2D eigenvalue weighted by molar-refractivity contribution is 0.209. The number of amides is 1. The van der Waals surface area contributed by atoms with Gasteiger partial charge in [-0.3, -0.25) is 4.90 Å². The van der Waals surface area contributed by atoms with Crippen LogP contribution in [0.25, 0.3) is 0 Å². The second-order valence-corrected chi connectivity index (χ2v) is 3.90. The minimum atomic E-state index is -0.476. The first-order valence-electron chi connectivity index (χ1n) is 5.71. The van der Waals surface area contributed by atoms with Crippen LogP contribution in [0.1, 0.15) is 5.56 Å². The van der Waals surface area contributed by atoms with Crippen molar-refractivity contribution in [2.24, 2.45) is 0 Å². The van der Waals surface area contributed by atoms with E-state index in [1.54, 1.807) is 55.6 Å². The van der Waals surface area contributed by atoms with Crippen LogP contribution in [-0.2, 0) is 0 Å². The predicted octanol–water partition coefficient (Wildman–Crippen LogP) is 3.19. The summed E-state index contributed by atoms with van der Waals surface area (Å²) in [6.45, 7) is 0. The largest absolute Gasteiger partial charge is 0.419 e. The molecule has 0 spiro atoms. The zero-order chi connectivity index (χ0) is 13.7. The summed E-state index contributed by atoms with van der Waals surface area (Å²) in [5.74, 6) is 0.494. The highest BCUT2D eigenvalue weighted by Gasteiger charge is 2.12. The number of hydrogen-bond acceptors (Lipinski definition) is 3. The molecule has 0 radical (unpaired) electrons. The number of ether oxygens (including phenoxy) is 1. The van der Waals surface area contributed by atoms with Crippen molar-refractivity contribution in [3.63, 3.8) is 0 Å². The van der Waals surface area contributed by atoms with Crippen LogP contribution >= 0.6 is 0 Å². The van der Waals surface area contributed by atoms with Crippen LogP contribution in [0.2, 0.25) is 0 Å². The molecular formula is C15H12N2O2. The van der Waals surface area contributed by atoms with Gasteiger partial charge in [0.25, 0.3) is 0 Å². The highest BCUT2D eigenvalue weighted by molar-refractivity contribution is 5.88. The SMILES string of the molecule is CN(C(=O)Oc1ccccc1)c1ccc(C#N)cc1. The van der Waals surface area contributed by atoms with Crippen molar-refractivity contribution in [1.29, 1.82) is 5.26 Å². The van der Waals surface area contributed by atoms with E-state index < -0.39 is 6.09 Å². The standard InChI is InChI=1S/C15H12N2O2/c1-17(13-9-7-12(11-16)8-10-13)15(18)19-14-5-3-2-4-6-14/h2-10H,1H3. The normalized spacial score (nSPS) is 9.47. The number of nitrogens with zero attached hydrogens (tertiary/aromatic N) is 2. The van der Waals surface area contributed by atoms with E-state index in [-0.39, 0.29) is 0 Å². The lowest BCUT2D eigenvalue weighted by Gasteiger charge is -2.16. The van der Waals surface area contributed by atoms with Gasteiger partial charge < -0.3 is 4.74 Å². The first kappa shape index (κ1) is 12.7. The first-order chi connectivity index (χ1) is 9.20. The van der Waals surface area contributed by atoms with Crippen molar-refractivity contribution in [3.8, 4) is 11.8 Å². The van der Waals surface area contributed by atoms with Gasteiger partial charge in [0.1, 0.15) is 5.75 Å². The van der Waals surface area contributed by atoms with Gasteiger partial charge in [-0.05, 0) is 36.4 Å². The quantitative estimate of drug-likeness (QED) is 0.824. The van der Waals surface area contributed by atoms with E-state index in [4.69, 9.17) is 10.00 Å². The summed E-state index contributed by atoms with van der Waals surface area (Å²) in [7, 11) is 1.62. The molecule has 19 heavy (non-hydrogen) atoms. The van der Waals surface area contributed by atoms with E-state index in [1.807, 2.05) is 12.1 Å². The second kappa shape index (κ2) is 5.69. The molecule has 0 bridgehead atoms. The summed E-state index contributed by atoms with van der Waals surface area (Å²) < 4.78 is 5.21. The van der Waals surface area contributed by atoms with Gasteiger partial charge in [-0.25, -0.2) is 4.79 Å². The van der Waals surface area contributed by atoms with E-state index in [9.17, 15) is 4.79 Å². The molecule has 0 atom stereocenters. The van der Waals surface area contributed by atoms with Crippen molar-refractivity contribution >= 4 is 11.8 Å². The molecule has 0 unspecified atom stereocenters. The molecule has 4 heteroatoms. The number of carbonyl (C=O) groups is 1. The van der Waals surface area contributed by atoms with Crippen LogP contribution in [0.3, 0.4) is 0 Å². The highest BCUT2D eigenvalue weighted by atomic mass is 16.6. The third kappa shape index (κ3) is 3.11. The Hall–Kier alpha value is -2.80. The maximum Gasteiger partial charge on any atom is 0.419 e. The van der Waals surface area contributed by atoms with E-state index in [0.717, 1.165) is 0 Å². The Morgan fingerprint density at radius 3 is 2.32 bits per heavy atom. The lowest BCUT2D eigenvalue weighted by Crippen LogP contribution is -2.29. The Balaban J connectivity index is 2.08. The van der Waals surface area contributed by atoms with Gasteiger partial charge in [-0.2, -0.15) is 5.26 Å². The van der Waals surface area contributed by atoms with Crippen LogP contribution in [-0.4, -0.2) is 13.1 Å². The first-order valence-corrected chi connectivity index (χ1v) is 5.71. The van der Waals surface area contributed by atoms with Gasteiger partial charge in [0.2, 0.25) is 0 Å². The number of benzene rings is 2. The third-order valence-electron chi connectivity index (χ3n) is 2.61. The van der Waals surface area contributed by atoms with Crippen molar-refractivity contribution in [2.45, 2.75) is 0 Å². The Morgan fingerprint density at radius 2 is 1.74 bits per heavy atom. The third-order valence-corrected chi connectivity index (χ3v) is 2.61. The van der Waals surface area contributed by atoms with Gasteiger partial charge in [-0.1, -0.05) is 18.2 Å². The summed E-state index contributed by atoms with van der Waals surface area (Å²) in [5, 5.41) is 8.72. The average molecular weight is 252 g/mol. The van der Waals surface area contributed by atoms with Crippen molar-refractivity contribution in [1.82, 2.24) is 0 Å². The molecular weight excluding hydrogens is 240 g/mol. The van der Waals surface area contributed by atoms with Gasteiger partial charge in [0.05, 0.1) is 11.6 Å². The summed E-state index contributed by atoms with van der Waals surface area (Å²) in [6, 6.07) is 17.6. The van der Waals surface area contributed by atoms with Gasteiger partial charge in [0.15, 0.2) is 0 Å². The van der Waals surface area contributed by atoms with Crippen molar-refractivity contribution in [3.05, 3.63) is 60.2 Å². The Bertz CT molecular complexity index is 600. The molecule has 0 heterocycles. The summed E-state index contributed by atoms with van der Waals surface area (Å²) in [4.78, 5) is 13.3. The number of carbonyl (C=O) groups excluding carboxylic acids is 1. The van der Waals surface area contributed by atoms with Crippen LogP contribution in [0.5, 0.6) is 5.75 Å². The molecule has 0 aliphatic heterocycles. The highest BCUT2D eigenvalue weighted by Crippen LogP contribution is 2.16. The van der Waals surface area contributed by atoms with Crippen LogP contribution in [0.15, 0.2) is 54.6 Å². The van der Waals surface area contributed by atoms with E-state index in [2.05, 4.69) is 0 Å². The van der Waals surface area contributed by atoms with Gasteiger partial charge >= 0.3 is 6.09 Å². The summed E-state index contributed by atoms with van der Waals surface area (Å²) >= 11 is 0. The topological polar surface area (TPSA) is 53.3 Å². The number of para-hydroxylation sites is 1. The van der Waals surface area contributed by atoms with Gasteiger partial charge in [-0.15, -0.1) is 0 Å². The van der Waals surface area contributed by atoms with Crippen LogP contribution in [0.4, 0.5) is 10.5 Å². The Morgan fingerprint density at radius 1 is 1.11 bits per heavy atom. The molecule has 0 aliphatic carbocycles. The Kier molecular flexibility index (Phi) is 3.79. The minimum absolute atomic E-state index is 0.476. The van der Waals surface area contributed by atoms with Crippen LogP contribution in [0, 0.1) is 11.3 Å². The molecule has 1 amide bonds. The fraction of sp³-hybridized carbons (Fsp3) is 0.0667. The molecule has 4 nitrogen and oxygen atoms in total. The predicted molar refractivity (Wildman–Crippen MR) is 72.0 cm³/mol. The van der Waals surface area contributed by atoms with Gasteiger partial charge in [0, 0.05) is 12.7 Å². The molecule has 2 aromatic rings. The molecule has 0 saturated carbocycles. The molecule has 94 valence electrons. The summed E-state index contributed by atoms with van der Waals surface area (Å²) in [5.41, 5.74) is 1.22. The summed E-state index contributed by atoms with van der Waals surface area (Å²) in [6.07, 6.45) is -0.476. The van der Waals surface area contributed by atoms with Crippen molar-refractivity contribution in [2.75, 3.05) is 11.9 Å². The molecule has 2 rings (SSSR count). The second-order valence-electron chi connectivity index (χ2n) is 3.90. The smallest absolute Gasteiger partial charge is 0.410 e. The minimum Gasteiger partial charge on any atom is -0.410 e. The lowest BCUT2D eigenvalue weighted by atomic mass is 10.2. The molecule has 2 aromatic carbocycles. The maximum absolute atomic E-state index is 11.9.